The first-order valence-corrected chi connectivity index (χ1v) is 10.1. The number of pyridine rings is 1. The molecule has 33 heavy (non-hydrogen) atoms. The third-order valence-corrected chi connectivity index (χ3v) is 5.72. The van der Waals surface area contributed by atoms with Crippen LogP contribution in [0, 0.1) is 12.8 Å². The Labute approximate surface area is 185 Å². The molecule has 0 bridgehead atoms. The lowest BCUT2D eigenvalue weighted by atomic mass is 9.99. The van der Waals surface area contributed by atoms with Crippen molar-refractivity contribution in [3.8, 4) is 17.0 Å². The maximum atomic E-state index is 13.9. The number of halogens is 5. The molecule has 0 spiro atoms. The van der Waals surface area contributed by atoms with E-state index in [1.807, 2.05) is 0 Å². The molecule has 2 aliphatic rings. The van der Waals surface area contributed by atoms with Gasteiger partial charge in [0.25, 0.3) is 5.70 Å². The van der Waals surface area contributed by atoms with Gasteiger partial charge in [-0.3, -0.25) is 4.79 Å². The molecule has 1 fully saturated rings. The third-order valence-electron chi connectivity index (χ3n) is 5.72. The molecule has 1 aromatic carbocycles. The summed E-state index contributed by atoms with van der Waals surface area (Å²) in [5.74, 6) is -0.818. The van der Waals surface area contributed by atoms with Crippen molar-refractivity contribution >= 4 is 17.8 Å². The van der Waals surface area contributed by atoms with Gasteiger partial charge in [0.05, 0.1) is 17.2 Å². The highest BCUT2D eigenvalue weighted by atomic mass is 19.4. The van der Waals surface area contributed by atoms with E-state index in [4.69, 9.17) is 0 Å². The quantitative estimate of drug-likeness (QED) is 0.558. The maximum Gasteiger partial charge on any atom is 0.416 e. The van der Waals surface area contributed by atoms with E-state index in [-0.39, 0.29) is 45.0 Å². The number of hydrogen-bond donors (Lipinski definition) is 1. The SMILES string of the molecule is Cc1cc(C(F)(F)F)cc(O)c1-c1ccc2c(n1)=N/[N+](=C/C1CCC(=O)N(C)C1)C=2C(F)F. The van der Waals surface area contributed by atoms with Gasteiger partial charge >= 0.3 is 12.6 Å². The predicted molar refractivity (Wildman–Crippen MR) is 108 cm³/mol. The van der Waals surface area contributed by atoms with Crippen LogP contribution < -0.4 is 10.7 Å². The van der Waals surface area contributed by atoms with Gasteiger partial charge in [0.15, 0.2) is 6.21 Å². The summed E-state index contributed by atoms with van der Waals surface area (Å²) in [7, 11) is 1.64. The number of amides is 1. The van der Waals surface area contributed by atoms with Crippen molar-refractivity contribution in [3.63, 3.8) is 0 Å². The number of aromatic hydroxyl groups is 1. The average molecular weight is 467 g/mol. The van der Waals surface area contributed by atoms with Crippen LogP contribution in [0.15, 0.2) is 29.4 Å². The minimum Gasteiger partial charge on any atom is -0.507 e. The molecule has 1 unspecified atom stereocenters. The zero-order chi connectivity index (χ0) is 24.1. The van der Waals surface area contributed by atoms with Crippen LogP contribution in [0.4, 0.5) is 22.0 Å². The number of hydrogen-bond acceptors (Lipinski definition) is 4. The number of alkyl halides is 5. The molecule has 1 N–H and O–H groups in total. The summed E-state index contributed by atoms with van der Waals surface area (Å²) in [5, 5.41) is 14.5. The number of piperidine rings is 1. The number of rotatable bonds is 3. The Kier molecular flexibility index (Phi) is 5.67. The lowest BCUT2D eigenvalue weighted by Gasteiger charge is -2.25. The van der Waals surface area contributed by atoms with E-state index in [1.54, 1.807) is 7.05 Å². The minimum absolute atomic E-state index is 0.0163. The molecular weight excluding hydrogens is 447 g/mol. The van der Waals surface area contributed by atoms with Crippen molar-refractivity contribution in [2.45, 2.75) is 32.4 Å². The number of benzene rings is 1. The fraction of sp³-hybridized carbons (Fsp3) is 0.364. The molecule has 174 valence electrons. The standard InChI is InChI=1S/C22H19F5N4O2/c1-11-7-13(22(25,26)27)8-16(32)18(11)15-5-4-14-19(20(23)24)31(29-21(14)28-15)10-12-3-6-17(33)30(2)9-12/h4-5,7-8,10,12,20H,3,6,9H2,1-2H3/p+1/b31-10+. The fourth-order valence-electron chi connectivity index (χ4n) is 4.11. The van der Waals surface area contributed by atoms with Gasteiger partial charge in [0.2, 0.25) is 11.4 Å². The predicted octanol–water partition coefficient (Wildman–Crippen LogP) is 2.65. The van der Waals surface area contributed by atoms with Crippen LogP contribution in [-0.4, -0.2) is 51.8 Å². The van der Waals surface area contributed by atoms with E-state index >= 15 is 0 Å². The Hall–Kier alpha value is -3.37. The second-order valence-electron chi connectivity index (χ2n) is 8.11. The summed E-state index contributed by atoms with van der Waals surface area (Å²) in [5.41, 5.74) is -1.09. The van der Waals surface area contributed by atoms with Gasteiger partial charge in [-0.25, -0.2) is 4.98 Å². The van der Waals surface area contributed by atoms with Crippen molar-refractivity contribution in [2.75, 3.05) is 13.6 Å². The number of carbonyl (C=O) groups is 1. The summed E-state index contributed by atoms with van der Waals surface area (Å²) >= 11 is 0. The summed E-state index contributed by atoms with van der Waals surface area (Å²) in [6.07, 6.45) is -5.15. The number of nitrogens with zero attached hydrogens (tertiary/aromatic N) is 4. The Balaban J connectivity index is 1.79. The topological polar surface area (TPSA) is 68.8 Å². The van der Waals surface area contributed by atoms with Crippen molar-refractivity contribution in [3.05, 3.63) is 46.1 Å². The molecule has 1 atom stereocenters. The van der Waals surface area contributed by atoms with E-state index in [2.05, 4.69) is 10.1 Å². The number of phenolic OH excluding ortho intramolecular Hbond substituents is 1. The molecule has 0 aliphatic carbocycles. The number of aromatic nitrogens is 1. The number of phenols is 1. The minimum atomic E-state index is -4.63. The molecule has 3 heterocycles. The van der Waals surface area contributed by atoms with Gasteiger partial charge in [-0.1, -0.05) is 4.68 Å². The Morgan fingerprint density at radius 2 is 2.00 bits per heavy atom. The second-order valence-corrected chi connectivity index (χ2v) is 8.11. The molecule has 1 amide bonds. The Bertz CT molecular complexity index is 1260. The molecule has 0 saturated carbocycles. The molecule has 4 rings (SSSR count). The molecule has 6 nitrogen and oxygen atoms in total. The molecule has 1 saturated heterocycles. The first kappa shape index (κ1) is 22.8. The van der Waals surface area contributed by atoms with E-state index in [0.717, 1.165) is 10.8 Å². The van der Waals surface area contributed by atoms with Crippen molar-refractivity contribution in [2.24, 2.45) is 11.0 Å². The number of fused-ring (bicyclic) bond motifs is 1. The monoisotopic (exact) mass is 467 g/mol. The van der Waals surface area contributed by atoms with Crippen molar-refractivity contribution in [1.29, 1.82) is 0 Å². The Morgan fingerprint density at radius 3 is 2.61 bits per heavy atom. The fourth-order valence-corrected chi connectivity index (χ4v) is 4.11. The summed E-state index contributed by atoms with van der Waals surface area (Å²) in [6, 6.07) is 4.22. The zero-order valence-corrected chi connectivity index (χ0v) is 17.7. The van der Waals surface area contributed by atoms with E-state index in [0.29, 0.717) is 25.5 Å². The zero-order valence-electron chi connectivity index (χ0n) is 17.7. The van der Waals surface area contributed by atoms with Gasteiger partial charge in [-0.15, -0.1) is 0 Å². The number of aryl methyl sites for hydroxylation is 1. The van der Waals surface area contributed by atoms with E-state index < -0.39 is 23.9 Å². The molecular formula is C22H20F5N4O2+. The first-order chi connectivity index (χ1) is 15.5. The van der Waals surface area contributed by atoms with Crippen LogP contribution >= 0.6 is 0 Å². The highest BCUT2D eigenvalue weighted by molar-refractivity contribution is 5.78. The van der Waals surface area contributed by atoms with Crippen molar-refractivity contribution < 1.29 is 36.5 Å². The molecule has 1 aromatic heterocycles. The van der Waals surface area contributed by atoms with Gasteiger partial charge in [-0.05, 0) is 43.2 Å². The Morgan fingerprint density at radius 1 is 1.27 bits per heavy atom. The smallest absolute Gasteiger partial charge is 0.416 e. The van der Waals surface area contributed by atoms with E-state index in [1.165, 1.54) is 30.2 Å². The normalized spacial score (nSPS) is 19.9. The maximum absolute atomic E-state index is 13.9. The largest absolute Gasteiger partial charge is 0.507 e. The number of carbonyl (C=O) groups excluding carboxylic acids is 1. The van der Waals surface area contributed by atoms with Crippen LogP contribution in [0.2, 0.25) is 0 Å². The van der Waals surface area contributed by atoms with E-state index in [9.17, 15) is 31.9 Å². The van der Waals surface area contributed by atoms with Crippen LogP contribution in [0.5, 0.6) is 5.75 Å². The molecule has 2 aliphatic heterocycles. The lowest BCUT2D eigenvalue weighted by molar-refractivity contribution is -0.447. The van der Waals surface area contributed by atoms with Crippen molar-refractivity contribution in [1.82, 2.24) is 9.88 Å². The molecule has 2 aromatic rings. The van der Waals surface area contributed by atoms with Gasteiger partial charge in [-0.2, -0.15) is 22.0 Å². The first-order valence-electron chi connectivity index (χ1n) is 10.1. The van der Waals surface area contributed by atoms with Gasteiger partial charge in [0, 0.05) is 30.7 Å². The summed E-state index contributed by atoms with van der Waals surface area (Å²) < 4.78 is 67.9. The second kappa shape index (κ2) is 8.20. The highest BCUT2D eigenvalue weighted by Crippen LogP contribution is 2.38. The average Bonchev–Trinajstić information content (AvgIpc) is 3.07. The van der Waals surface area contributed by atoms with Crippen LogP contribution in [0.1, 0.15) is 24.0 Å². The summed E-state index contributed by atoms with van der Waals surface area (Å²) in [6.45, 7) is 1.77. The third kappa shape index (κ3) is 4.31. The van der Waals surface area contributed by atoms with Gasteiger partial charge in [0.1, 0.15) is 11.0 Å². The highest BCUT2D eigenvalue weighted by Gasteiger charge is 2.35. The van der Waals surface area contributed by atoms with Gasteiger partial charge < -0.3 is 10.0 Å². The molecule has 11 heteroatoms. The molecule has 0 radical (unpaired) electrons. The lowest BCUT2D eigenvalue weighted by Crippen LogP contribution is -2.38. The van der Waals surface area contributed by atoms with Crippen LogP contribution in [-0.2, 0) is 11.0 Å². The van der Waals surface area contributed by atoms with Crippen LogP contribution in [0.25, 0.3) is 17.0 Å². The summed E-state index contributed by atoms with van der Waals surface area (Å²) in [4.78, 5) is 17.5. The van der Waals surface area contributed by atoms with Crippen LogP contribution in [0.3, 0.4) is 0 Å². The number of likely N-dealkylation sites (tertiary alicyclic amines) is 1.